The van der Waals surface area contributed by atoms with E-state index < -0.39 is 20.9 Å². The lowest BCUT2D eigenvalue weighted by Crippen LogP contribution is -2.42. The Hall–Kier alpha value is -3.26. The fraction of sp³-hybridized carbons (Fsp3) is 0.208. The topological polar surface area (TPSA) is 63.7 Å². The number of likely N-dealkylation sites (tertiary alicyclic amines) is 1. The van der Waals surface area contributed by atoms with E-state index in [1.165, 1.54) is 36.4 Å². The number of amides is 1. The molecule has 0 saturated carbocycles. The molecule has 1 heterocycles. The molecule has 0 N–H and O–H groups in total. The molecule has 1 amide bonds. The first kappa shape index (κ1) is 22.0. The van der Waals surface area contributed by atoms with Crippen LogP contribution < -0.4 is 4.74 Å². The summed E-state index contributed by atoms with van der Waals surface area (Å²) in [5.74, 6) is -0.188. The van der Waals surface area contributed by atoms with E-state index in [0.717, 1.165) is 12.1 Å². The predicted molar refractivity (Wildman–Crippen MR) is 115 cm³/mol. The molecule has 1 aliphatic rings. The summed E-state index contributed by atoms with van der Waals surface area (Å²) in [4.78, 5) is 14.7. The third kappa shape index (κ3) is 4.80. The average molecular weight is 457 g/mol. The number of benzene rings is 3. The lowest BCUT2D eigenvalue weighted by Gasteiger charge is -2.32. The van der Waals surface area contributed by atoms with E-state index in [1.807, 2.05) is 0 Å². The first-order chi connectivity index (χ1) is 15.3. The van der Waals surface area contributed by atoms with Crippen molar-refractivity contribution in [1.82, 2.24) is 4.90 Å². The maximum absolute atomic E-state index is 13.1. The maximum Gasteiger partial charge on any atom is 0.253 e. The predicted octanol–water partition coefficient (Wildman–Crippen LogP) is 4.84. The van der Waals surface area contributed by atoms with E-state index in [9.17, 15) is 22.0 Å². The van der Waals surface area contributed by atoms with Crippen LogP contribution in [-0.4, -0.2) is 37.6 Å². The summed E-state index contributed by atoms with van der Waals surface area (Å²) in [7, 11) is -3.59. The van der Waals surface area contributed by atoms with Gasteiger partial charge in [0, 0.05) is 18.7 Å². The second-order valence-electron chi connectivity index (χ2n) is 7.57. The van der Waals surface area contributed by atoms with Crippen LogP contribution in [-0.2, 0) is 9.84 Å². The van der Waals surface area contributed by atoms with Crippen LogP contribution in [0.25, 0.3) is 0 Å². The molecule has 0 radical (unpaired) electrons. The minimum absolute atomic E-state index is 0.0920. The molecule has 1 aliphatic heterocycles. The second kappa shape index (κ2) is 9.08. The zero-order valence-electron chi connectivity index (χ0n) is 17.1. The summed E-state index contributed by atoms with van der Waals surface area (Å²) in [5.41, 5.74) is 0.421. The van der Waals surface area contributed by atoms with E-state index in [0.29, 0.717) is 43.0 Å². The summed E-state index contributed by atoms with van der Waals surface area (Å²) in [6.45, 7) is 0.597. The van der Waals surface area contributed by atoms with E-state index >= 15 is 0 Å². The van der Waals surface area contributed by atoms with Crippen molar-refractivity contribution in [3.05, 3.63) is 90.0 Å². The van der Waals surface area contributed by atoms with Gasteiger partial charge in [0.1, 0.15) is 23.1 Å². The monoisotopic (exact) mass is 457 g/mol. The largest absolute Gasteiger partial charge is 0.457 e. The van der Waals surface area contributed by atoms with Gasteiger partial charge in [-0.3, -0.25) is 4.79 Å². The van der Waals surface area contributed by atoms with Gasteiger partial charge in [0.15, 0.2) is 9.84 Å². The number of hydrogen-bond donors (Lipinski definition) is 0. The molecule has 5 nitrogen and oxygen atoms in total. The molecular weight excluding hydrogens is 436 g/mol. The van der Waals surface area contributed by atoms with Crippen LogP contribution in [0.1, 0.15) is 23.2 Å². The van der Waals surface area contributed by atoms with E-state index in [2.05, 4.69) is 0 Å². The van der Waals surface area contributed by atoms with Gasteiger partial charge in [0.25, 0.3) is 5.91 Å². The summed E-state index contributed by atoms with van der Waals surface area (Å²) >= 11 is 0. The Morgan fingerprint density at radius 3 is 2.06 bits per heavy atom. The van der Waals surface area contributed by atoms with Crippen LogP contribution in [0.5, 0.6) is 11.5 Å². The van der Waals surface area contributed by atoms with Crippen LogP contribution in [0.4, 0.5) is 8.78 Å². The first-order valence-electron chi connectivity index (χ1n) is 10.2. The van der Waals surface area contributed by atoms with Gasteiger partial charge in [-0.05, 0) is 79.6 Å². The van der Waals surface area contributed by atoms with E-state index in [4.69, 9.17) is 4.74 Å². The highest BCUT2D eigenvalue weighted by Crippen LogP contribution is 2.27. The summed E-state index contributed by atoms with van der Waals surface area (Å²) in [6, 6.07) is 17.0. The van der Waals surface area contributed by atoms with Gasteiger partial charge in [0.2, 0.25) is 0 Å². The molecular formula is C24H21F2NO4S. The summed E-state index contributed by atoms with van der Waals surface area (Å²) < 4.78 is 57.5. The third-order valence-corrected chi connectivity index (χ3v) is 7.72. The second-order valence-corrected chi connectivity index (χ2v) is 9.80. The number of hydrogen-bond acceptors (Lipinski definition) is 4. The standard InChI is InChI=1S/C24H21F2NO4S/c25-18-4-8-20(9-5-18)31-21-3-1-2-17(16-21)24(28)27-14-12-23(13-15-27)32(29,30)22-10-6-19(26)7-11-22/h1-11,16,23H,12-15H2. The number of nitrogens with zero attached hydrogens (tertiary/aromatic N) is 1. The van der Waals surface area contributed by atoms with Crippen molar-refractivity contribution in [2.45, 2.75) is 23.0 Å². The van der Waals surface area contributed by atoms with Crippen molar-refractivity contribution < 1.29 is 26.7 Å². The van der Waals surface area contributed by atoms with Gasteiger partial charge >= 0.3 is 0 Å². The number of halogens is 2. The summed E-state index contributed by atoms with van der Waals surface area (Å²) in [5, 5.41) is -0.620. The number of sulfone groups is 1. The SMILES string of the molecule is O=C(c1cccc(Oc2ccc(F)cc2)c1)N1CCC(S(=O)(=O)c2ccc(F)cc2)CC1. The van der Waals surface area contributed by atoms with E-state index in [-0.39, 0.29) is 16.6 Å². The zero-order valence-corrected chi connectivity index (χ0v) is 17.9. The van der Waals surface area contributed by atoms with Crippen molar-refractivity contribution in [1.29, 1.82) is 0 Å². The van der Waals surface area contributed by atoms with Gasteiger partial charge in [-0.25, -0.2) is 17.2 Å². The van der Waals surface area contributed by atoms with Crippen LogP contribution in [0, 0.1) is 11.6 Å². The number of rotatable bonds is 5. The van der Waals surface area contributed by atoms with Crippen molar-refractivity contribution in [3.8, 4) is 11.5 Å². The Labute approximate surface area is 185 Å². The van der Waals surface area contributed by atoms with Gasteiger partial charge in [-0.2, -0.15) is 0 Å². The smallest absolute Gasteiger partial charge is 0.253 e. The van der Waals surface area contributed by atoms with E-state index in [1.54, 1.807) is 29.2 Å². The lowest BCUT2D eigenvalue weighted by molar-refractivity contribution is 0.0725. The molecule has 32 heavy (non-hydrogen) atoms. The average Bonchev–Trinajstić information content (AvgIpc) is 2.81. The molecule has 0 spiro atoms. The van der Waals surface area contributed by atoms with Crippen molar-refractivity contribution in [2.75, 3.05) is 13.1 Å². The van der Waals surface area contributed by atoms with Gasteiger partial charge < -0.3 is 9.64 Å². The Bertz CT molecular complexity index is 1200. The quantitative estimate of drug-likeness (QED) is 0.515. The highest BCUT2D eigenvalue weighted by molar-refractivity contribution is 7.92. The fourth-order valence-corrected chi connectivity index (χ4v) is 5.43. The molecule has 3 aromatic rings. The van der Waals surface area contributed by atoms with Gasteiger partial charge in [-0.1, -0.05) is 6.07 Å². The Morgan fingerprint density at radius 2 is 1.44 bits per heavy atom. The van der Waals surface area contributed by atoms with Crippen molar-refractivity contribution >= 4 is 15.7 Å². The maximum atomic E-state index is 13.1. The minimum Gasteiger partial charge on any atom is -0.457 e. The first-order valence-corrected chi connectivity index (χ1v) is 11.7. The zero-order chi connectivity index (χ0) is 22.7. The molecule has 8 heteroatoms. The van der Waals surface area contributed by atoms with Crippen LogP contribution in [0.2, 0.25) is 0 Å². The van der Waals surface area contributed by atoms with Crippen LogP contribution in [0.15, 0.2) is 77.7 Å². The van der Waals surface area contributed by atoms with Gasteiger partial charge in [-0.15, -0.1) is 0 Å². The molecule has 1 saturated heterocycles. The third-order valence-electron chi connectivity index (χ3n) is 5.44. The van der Waals surface area contributed by atoms with Crippen LogP contribution >= 0.6 is 0 Å². The summed E-state index contributed by atoms with van der Waals surface area (Å²) in [6.07, 6.45) is 0.606. The Kier molecular flexibility index (Phi) is 6.23. The molecule has 0 atom stereocenters. The Balaban J connectivity index is 1.41. The number of carbonyl (C=O) groups is 1. The molecule has 4 rings (SSSR count). The molecule has 1 fully saturated rings. The molecule has 0 unspecified atom stereocenters. The van der Waals surface area contributed by atoms with Gasteiger partial charge in [0.05, 0.1) is 10.1 Å². The number of ether oxygens (including phenoxy) is 1. The molecule has 0 aliphatic carbocycles. The van der Waals surface area contributed by atoms with Crippen molar-refractivity contribution in [3.63, 3.8) is 0 Å². The highest BCUT2D eigenvalue weighted by atomic mass is 32.2. The molecule has 0 aromatic heterocycles. The number of carbonyl (C=O) groups excluding carboxylic acids is 1. The highest BCUT2D eigenvalue weighted by Gasteiger charge is 2.33. The van der Waals surface area contributed by atoms with Crippen molar-refractivity contribution in [2.24, 2.45) is 0 Å². The minimum atomic E-state index is -3.59. The molecule has 166 valence electrons. The van der Waals surface area contributed by atoms with Crippen LogP contribution in [0.3, 0.4) is 0 Å². The molecule has 3 aromatic carbocycles. The Morgan fingerprint density at radius 1 is 0.844 bits per heavy atom. The number of piperidine rings is 1. The molecule has 0 bridgehead atoms. The normalized spacial score (nSPS) is 14.9. The fourth-order valence-electron chi connectivity index (χ4n) is 3.70. The lowest BCUT2D eigenvalue weighted by atomic mass is 10.1.